The van der Waals surface area contributed by atoms with Crippen molar-refractivity contribution < 1.29 is 9.47 Å². The molecule has 1 aromatic heterocycles. The zero-order valence-corrected chi connectivity index (χ0v) is 13.7. The highest BCUT2D eigenvalue weighted by atomic mass is 16.5. The van der Waals surface area contributed by atoms with Crippen LogP contribution in [0.2, 0.25) is 0 Å². The molecule has 0 aliphatic rings. The number of hydrogen-bond acceptors (Lipinski definition) is 6. The number of ether oxygens (including phenoxy) is 2. The van der Waals surface area contributed by atoms with Gasteiger partial charge in [0.05, 0.1) is 6.61 Å². The molecule has 3 rings (SSSR count). The summed E-state index contributed by atoms with van der Waals surface area (Å²) in [6, 6.07) is 14.0. The molecule has 6 heteroatoms. The van der Waals surface area contributed by atoms with Crippen molar-refractivity contribution in [1.82, 2.24) is 9.97 Å². The number of hydrogen-bond donors (Lipinski definition) is 2. The van der Waals surface area contributed by atoms with Gasteiger partial charge in [-0.25, -0.2) is 4.98 Å². The van der Waals surface area contributed by atoms with Gasteiger partial charge in [-0.3, -0.25) is 0 Å². The quantitative estimate of drug-likeness (QED) is 0.722. The summed E-state index contributed by atoms with van der Waals surface area (Å²) in [6.45, 7) is 2.53. The zero-order valence-electron chi connectivity index (χ0n) is 13.7. The fourth-order valence-corrected chi connectivity index (χ4v) is 2.44. The first-order valence-electron chi connectivity index (χ1n) is 7.70. The number of methoxy groups -OCH3 is 1. The van der Waals surface area contributed by atoms with Crippen molar-refractivity contribution in [2.24, 2.45) is 0 Å². The van der Waals surface area contributed by atoms with Gasteiger partial charge in [0, 0.05) is 13.2 Å². The molecule has 24 heavy (non-hydrogen) atoms. The van der Waals surface area contributed by atoms with Crippen LogP contribution in [0.5, 0.6) is 11.6 Å². The smallest absolute Gasteiger partial charge is 0.248 e. The van der Waals surface area contributed by atoms with Crippen molar-refractivity contribution in [2.75, 3.05) is 24.8 Å². The van der Waals surface area contributed by atoms with Gasteiger partial charge in [-0.15, -0.1) is 0 Å². The molecule has 3 N–H and O–H groups in total. The van der Waals surface area contributed by atoms with Crippen molar-refractivity contribution in [3.63, 3.8) is 0 Å². The Morgan fingerprint density at radius 3 is 2.71 bits per heavy atom. The SMILES string of the molecule is COCC(C)Nc1ncnc(Oc2ccc3ccccc3c2)c1N. The Bertz CT molecular complexity index is 838. The summed E-state index contributed by atoms with van der Waals surface area (Å²) >= 11 is 0. The summed E-state index contributed by atoms with van der Waals surface area (Å²) in [5.41, 5.74) is 6.50. The highest BCUT2D eigenvalue weighted by Crippen LogP contribution is 2.31. The van der Waals surface area contributed by atoms with E-state index in [2.05, 4.69) is 21.4 Å². The van der Waals surface area contributed by atoms with Crippen LogP contribution in [0.4, 0.5) is 11.5 Å². The lowest BCUT2D eigenvalue weighted by molar-refractivity contribution is 0.190. The predicted octanol–water partition coefficient (Wildman–Crippen LogP) is 3.45. The second-order valence-electron chi connectivity index (χ2n) is 5.55. The minimum absolute atomic E-state index is 0.0701. The fourth-order valence-electron chi connectivity index (χ4n) is 2.44. The number of nitrogens with two attached hydrogens (primary N) is 1. The van der Waals surface area contributed by atoms with E-state index in [0.29, 0.717) is 29.7 Å². The number of nitrogens with one attached hydrogen (secondary N) is 1. The van der Waals surface area contributed by atoms with Crippen molar-refractivity contribution in [2.45, 2.75) is 13.0 Å². The van der Waals surface area contributed by atoms with Gasteiger partial charge in [0.1, 0.15) is 17.8 Å². The van der Waals surface area contributed by atoms with Crippen molar-refractivity contribution >= 4 is 22.3 Å². The van der Waals surface area contributed by atoms with Crippen LogP contribution in [0.25, 0.3) is 10.8 Å². The van der Waals surface area contributed by atoms with Crippen LogP contribution in [0, 0.1) is 0 Å². The molecule has 1 atom stereocenters. The van der Waals surface area contributed by atoms with Crippen LogP contribution in [-0.2, 0) is 4.74 Å². The molecule has 124 valence electrons. The molecule has 0 fully saturated rings. The Morgan fingerprint density at radius 2 is 1.92 bits per heavy atom. The summed E-state index contributed by atoms with van der Waals surface area (Å²) < 4.78 is 11.0. The first-order chi connectivity index (χ1) is 11.7. The second-order valence-corrected chi connectivity index (χ2v) is 5.55. The van der Waals surface area contributed by atoms with Crippen LogP contribution in [-0.4, -0.2) is 29.7 Å². The molecule has 1 heterocycles. The molecule has 0 radical (unpaired) electrons. The maximum Gasteiger partial charge on any atom is 0.248 e. The van der Waals surface area contributed by atoms with Crippen LogP contribution in [0.15, 0.2) is 48.8 Å². The normalized spacial score (nSPS) is 12.1. The molecule has 0 spiro atoms. The lowest BCUT2D eigenvalue weighted by Gasteiger charge is -2.16. The lowest BCUT2D eigenvalue weighted by Crippen LogP contribution is -2.22. The average molecular weight is 324 g/mol. The van der Waals surface area contributed by atoms with E-state index in [4.69, 9.17) is 15.2 Å². The molecule has 6 nitrogen and oxygen atoms in total. The molecule has 0 amide bonds. The largest absolute Gasteiger partial charge is 0.437 e. The Hall–Kier alpha value is -2.86. The first-order valence-corrected chi connectivity index (χ1v) is 7.70. The van der Waals surface area contributed by atoms with Gasteiger partial charge in [0.25, 0.3) is 0 Å². The molecule has 1 unspecified atom stereocenters. The van der Waals surface area contributed by atoms with Crippen LogP contribution < -0.4 is 15.8 Å². The van der Waals surface area contributed by atoms with E-state index < -0.39 is 0 Å². The van der Waals surface area contributed by atoms with Crippen molar-refractivity contribution in [3.8, 4) is 11.6 Å². The van der Waals surface area contributed by atoms with E-state index in [1.54, 1.807) is 7.11 Å². The predicted molar refractivity (Wildman–Crippen MR) is 95.4 cm³/mol. The number of benzene rings is 2. The average Bonchev–Trinajstić information content (AvgIpc) is 2.58. The van der Waals surface area contributed by atoms with Crippen molar-refractivity contribution in [3.05, 3.63) is 48.8 Å². The van der Waals surface area contributed by atoms with Crippen LogP contribution >= 0.6 is 0 Å². The third-order valence-corrected chi connectivity index (χ3v) is 3.58. The van der Waals surface area contributed by atoms with Gasteiger partial charge in [0.2, 0.25) is 5.88 Å². The number of aromatic nitrogens is 2. The third kappa shape index (κ3) is 3.55. The molecule has 0 saturated carbocycles. The van der Waals surface area contributed by atoms with Gasteiger partial charge in [0.15, 0.2) is 5.82 Å². The summed E-state index contributed by atoms with van der Waals surface area (Å²) in [6.07, 6.45) is 1.43. The molecule has 2 aromatic carbocycles. The molecule has 0 aliphatic carbocycles. The van der Waals surface area contributed by atoms with E-state index in [9.17, 15) is 0 Å². The van der Waals surface area contributed by atoms with Gasteiger partial charge in [-0.05, 0) is 29.8 Å². The molecular weight excluding hydrogens is 304 g/mol. The lowest BCUT2D eigenvalue weighted by atomic mass is 10.1. The van der Waals surface area contributed by atoms with E-state index in [1.165, 1.54) is 6.33 Å². The monoisotopic (exact) mass is 324 g/mol. The fraction of sp³-hybridized carbons (Fsp3) is 0.222. The number of fused-ring (bicyclic) bond motifs is 1. The topological polar surface area (TPSA) is 82.3 Å². The number of nitrogens with zero attached hydrogens (tertiary/aromatic N) is 2. The van der Waals surface area contributed by atoms with Gasteiger partial charge >= 0.3 is 0 Å². The van der Waals surface area contributed by atoms with E-state index in [0.717, 1.165) is 10.8 Å². The minimum atomic E-state index is 0.0701. The second kappa shape index (κ2) is 7.14. The van der Waals surface area contributed by atoms with Gasteiger partial charge < -0.3 is 20.5 Å². The molecule has 0 bridgehead atoms. The number of rotatable bonds is 6. The maximum absolute atomic E-state index is 6.13. The highest BCUT2D eigenvalue weighted by molar-refractivity contribution is 5.83. The first kappa shape index (κ1) is 16.0. The summed E-state index contributed by atoms with van der Waals surface area (Å²) in [7, 11) is 1.65. The number of nitrogen functional groups attached to an aromatic ring is 1. The van der Waals surface area contributed by atoms with E-state index in [-0.39, 0.29) is 6.04 Å². The Morgan fingerprint density at radius 1 is 1.12 bits per heavy atom. The Balaban J connectivity index is 1.83. The standard InChI is InChI=1S/C18H20N4O2/c1-12(10-23-2)22-17-16(19)18(21-11-20-17)24-15-8-7-13-5-3-4-6-14(13)9-15/h3-9,11-12H,10,19H2,1-2H3,(H,20,21,22). The van der Waals surface area contributed by atoms with Crippen molar-refractivity contribution in [1.29, 1.82) is 0 Å². The Kier molecular flexibility index (Phi) is 4.77. The van der Waals surface area contributed by atoms with Crippen LogP contribution in [0.1, 0.15) is 6.92 Å². The molecule has 3 aromatic rings. The highest BCUT2D eigenvalue weighted by Gasteiger charge is 2.12. The third-order valence-electron chi connectivity index (χ3n) is 3.58. The number of anilines is 2. The molecule has 0 aliphatic heterocycles. The van der Waals surface area contributed by atoms with Gasteiger partial charge in [-0.2, -0.15) is 4.98 Å². The summed E-state index contributed by atoms with van der Waals surface area (Å²) in [4.78, 5) is 8.31. The minimum Gasteiger partial charge on any atom is -0.437 e. The molecule has 0 saturated heterocycles. The summed E-state index contributed by atoms with van der Waals surface area (Å²) in [5, 5.41) is 5.43. The van der Waals surface area contributed by atoms with E-state index in [1.807, 2.05) is 43.3 Å². The zero-order chi connectivity index (χ0) is 16.9. The van der Waals surface area contributed by atoms with Crippen LogP contribution in [0.3, 0.4) is 0 Å². The van der Waals surface area contributed by atoms with Gasteiger partial charge in [-0.1, -0.05) is 30.3 Å². The Labute approximate surface area is 140 Å². The van der Waals surface area contributed by atoms with E-state index >= 15 is 0 Å². The molecular formula is C18H20N4O2. The maximum atomic E-state index is 6.13. The summed E-state index contributed by atoms with van der Waals surface area (Å²) in [5.74, 6) is 1.53.